The number of nitrogens with zero attached hydrogens (tertiary/aromatic N) is 3. The summed E-state index contributed by atoms with van der Waals surface area (Å²) in [5, 5.41) is 14.1. The van der Waals surface area contributed by atoms with Crippen LogP contribution in [0.5, 0.6) is 0 Å². The summed E-state index contributed by atoms with van der Waals surface area (Å²) < 4.78 is 1.89. The SMILES string of the molecule is C=CCn1c(C)nnc1SCC(=O)Nc1cccc(C(=O)NC)c1. The summed E-state index contributed by atoms with van der Waals surface area (Å²) >= 11 is 1.30. The summed E-state index contributed by atoms with van der Waals surface area (Å²) in [4.78, 5) is 23.7. The molecule has 0 unspecified atom stereocenters. The number of aromatic nitrogens is 3. The Labute approximate surface area is 144 Å². The van der Waals surface area contributed by atoms with E-state index in [0.29, 0.717) is 23.0 Å². The number of nitrogens with one attached hydrogen (secondary N) is 2. The fraction of sp³-hybridized carbons (Fsp3) is 0.250. The Hall–Kier alpha value is -2.61. The number of carbonyl (C=O) groups is 2. The van der Waals surface area contributed by atoms with Crippen molar-refractivity contribution >= 4 is 29.3 Å². The second-order valence-corrected chi connectivity index (χ2v) is 5.87. The van der Waals surface area contributed by atoms with Crippen LogP contribution in [0.15, 0.2) is 42.1 Å². The van der Waals surface area contributed by atoms with Crippen molar-refractivity contribution in [1.82, 2.24) is 20.1 Å². The first-order valence-corrected chi connectivity index (χ1v) is 8.29. The summed E-state index contributed by atoms with van der Waals surface area (Å²) in [6.45, 7) is 6.15. The quantitative estimate of drug-likeness (QED) is 0.591. The number of anilines is 1. The van der Waals surface area contributed by atoms with E-state index >= 15 is 0 Å². The van der Waals surface area contributed by atoms with E-state index in [-0.39, 0.29) is 17.6 Å². The minimum absolute atomic E-state index is 0.181. The predicted molar refractivity (Wildman–Crippen MR) is 94.1 cm³/mol. The molecule has 0 saturated carbocycles. The van der Waals surface area contributed by atoms with E-state index in [0.717, 1.165) is 5.82 Å². The first kappa shape index (κ1) is 17.7. The maximum Gasteiger partial charge on any atom is 0.251 e. The third-order valence-electron chi connectivity index (χ3n) is 3.18. The smallest absolute Gasteiger partial charge is 0.251 e. The fourth-order valence-electron chi connectivity index (χ4n) is 2.02. The molecule has 0 aliphatic heterocycles. The molecule has 2 amide bonds. The van der Waals surface area contributed by atoms with Crippen molar-refractivity contribution in [1.29, 1.82) is 0 Å². The summed E-state index contributed by atoms with van der Waals surface area (Å²) in [6.07, 6.45) is 1.75. The first-order valence-electron chi connectivity index (χ1n) is 7.30. The van der Waals surface area contributed by atoms with Crippen LogP contribution in [0.4, 0.5) is 5.69 Å². The molecule has 0 atom stereocenters. The van der Waals surface area contributed by atoms with Crippen molar-refractivity contribution in [2.24, 2.45) is 0 Å². The zero-order valence-electron chi connectivity index (χ0n) is 13.6. The van der Waals surface area contributed by atoms with Crippen molar-refractivity contribution in [2.75, 3.05) is 18.1 Å². The lowest BCUT2D eigenvalue weighted by atomic mass is 10.2. The topological polar surface area (TPSA) is 88.9 Å². The van der Waals surface area contributed by atoms with Gasteiger partial charge in [-0.25, -0.2) is 0 Å². The van der Waals surface area contributed by atoms with Gasteiger partial charge in [0, 0.05) is 24.8 Å². The van der Waals surface area contributed by atoms with Crippen LogP contribution in [0.1, 0.15) is 16.2 Å². The molecule has 1 aromatic carbocycles. The monoisotopic (exact) mass is 345 g/mol. The largest absolute Gasteiger partial charge is 0.355 e. The molecule has 1 heterocycles. The van der Waals surface area contributed by atoms with Crippen molar-refractivity contribution < 1.29 is 9.59 Å². The highest BCUT2D eigenvalue weighted by molar-refractivity contribution is 7.99. The van der Waals surface area contributed by atoms with Gasteiger partial charge in [0.1, 0.15) is 5.82 Å². The molecule has 0 radical (unpaired) electrons. The lowest BCUT2D eigenvalue weighted by molar-refractivity contribution is -0.113. The normalized spacial score (nSPS) is 10.2. The number of rotatable bonds is 7. The van der Waals surface area contributed by atoms with Gasteiger partial charge in [-0.1, -0.05) is 23.9 Å². The number of aryl methyl sites for hydroxylation is 1. The maximum absolute atomic E-state index is 12.1. The average molecular weight is 345 g/mol. The van der Waals surface area contributed by atoms with Crippen LogP contribution >= 0.6 is 11.8 Å². The van der Waals surface area contributed by atoms with Crippen LogP contribution in [0.2, 0.25) is 0 Å². The molecule has 2 N–H and O–H groups in total. The third-order valence-corrected chi connectivity index (χ3v) is 4.15. The molecule has 0 saturated heterocycles. The van der Waals surface area contributed by atoms with Gasteiger partial charge in [0.25, 0.3) is 5.91 Å². The second-order valence-electron chi connectivity index (χ2n) is 4.93. The predicted octanol–water partition coefficient (Wildman–Crippen LogP) is 1.86. The van der Waals surface area contributed by atoms with Gasteiger partial charge in [0.05, 0.1) is 5.75 Å². The van der Waals surface area contributed by atoms with Crippen LogP contribution in [0, 0.1) is 6.92 Å². The molecule has 0 bridgehead atoms. The van der Waals surface area contributed by atoms with Gasteiger partial charge in [-0.05, 0) is 25.1 Å². The Balaban J connectivity index is 1.97. The van der Waals surface area contributed by atoms with E-state index in [1.54, 1.807) is 37.4 Å². The molecule has 2 rings (SSSR count). The summed E-state index contributed by atoms with van der Waals surface area (Å²) in [6, 6.07) is 6.77. The molecule has 0 spiro atoms. The molecule has 24 heavy (non-hydrogen) atoms. The minimum atomic E-state index is -0.200. The van der Waals surface area contributed by atoms with E-state index < -0.39 is 0 Å². The van der Waals surface area contributed by atoms with Gasteiger partial charge < -0.3 is 15.2 Å². The fourth-order valence-corrected chi connectivity index (χ4v) is 2.81. The zero-order valence-corrected chi connectivity index (χ0v) is 14.4. The van der Waals surface area contributed by atoms with Crippen molar-refractivity contribution in [2.45, 2.75) is 18.6 Å². The molecule has 126 valence electrons. The lowest BCUT2D eigenvalue weighted by Gasteiger charge is -2.07. The number of thioether (sulfide) groups is 1. The Morgan fingerprint density at radius 2 is 2.17 bits per heavy atom. The Kier molecular flexibility index (Phi) is 6.14. The zero-order chi connectivity index (χ0) is 17.5. The number of hydrogen-bond acceptors (Lipinski definition) is 5. The molecule has 1 aromatic heterocycles. The second kappa shape index (κ2) is 8.30. The molecule has 2 aromatic rings. The van der Waals surface area contributed by atoms with E-state index in [1.165, 1.54) is 11.8 Å². The number of carbonyl (C=O) groups excluding carboxylic acids is 2. The molecular weight excluding hydrogens is 326 g/mol. The third kappa shape index (κ3) is 4.45. The number of benzene rings is 1. The van der Waals surface area contributed by atoms with E-state index in [1.807, 2.05) is 11.5 Å². The standard InChI is InChI=1S/C16H19N5O2S/c1-4-8-21-11(2)19-20-16(21)24-10-14(22)18-13-7-5-6-12(9-13)15(23)17-3/h4-7,9H,1,8,10H2,2-3H3,(H,17,23)(H,18,22). The molecule has 0 aliphatic rings. The summed E-state index contributed by atoms with van der Waals surface area (Å²) in [5.74, 6) is 0.587. The summed E-state index contributed by atoms with van der Waals surface area (Å²) in [5.41, 5.74) is 1.06. The Morgan fingerprint density at radius 1 is 1.38 bits per heavy atom. The minimum Gasteiger partial charge on any atom is -0.355 e. The van der Waals surface area contributed by atoms with Crippen LogP contribution in [0.25, 0.3) is 0 Å². The van der Waals surface area contributed by atoms with Gasteiger partial charge in [0.15, 0.2) is 5.16 Å². The van der Waals surface area contributed by atoms with Crippen LogP contribution in [-0.4, -0.2) is 39.4 Å². The van der Waals surface area contributed by atoms with Crippen LogP contribution in [-0.2, 0) is 11.3 Å². The number of amides is 2. The van der Waals surface area contributed by atoms with Crippen LogP contribution < -0.4 is 10.6 Å². The first-order chi connectivity index (χ1) is 11.5. The maximum atomic E-state index is 12.1. The molecule has 0 fully saturated rings. The number of allylic oxidation sites excluding steroid dienone is 1. The molecule has 7 nitrogen and oxygen atoms in total. The average Bonchev–Trinajstić information content (AvgIpc) is 2.93. The number of hydrogen-bond donors (Lipinski definition) is 2. The van der Waals surface area contributed by atoms with Gasteiger partial charge in [0.2, 0.25) is 5.91 Å². The van der Waals surface area contributed by atoms with Gasteiger partial charge in [-0.2, -0.15) is 0 Å². The lowest BCUT2D eigenvalue weighted by Crippen LogP contribution is -2.19. The van der Waals surface area contributed by atoms with Gasteiger partial charge in [-0.15, -0.1) is 16.8 Å². The highest BCUT2D eigenvalue weighted by atomic mass is 32.2. The van der Waals surface area contributed by atoms with E-state index in [2.05, 4.69) is 27.4 Å². The highest BCUT2D eigenvalue weighted by Crippen LogP contribution is 2.18. The van der Waals surface area contributed by atoms with Gasteiger partial charge >= 0.3 is 0 Å². The van der Waals surface area contributed by atoms with E-state index in [9.17, 15) is 9.59 Å². The van der Waals surface area contributed by atoms with Crippen molar-refractivity contribution in [3.63, 3.8) is 0 Å². The van der Waals surface area contributed by atoms with E-state index in [4.69, 9.17) is 0 Å². The highest BCUT2D eigenvalue weighted by Gasteiger charge is 2.11. The molecular formula is C16H19N5O2S. The molecule has 8 heteroatoms. The van der Waals surface area contributed by atoms with Crippen LogP contribution in [0.3, 0.4) is 0 Å². The Bertz CT molecular complexity index is 757. The molecule has 0 aliphatic carbocycles. The van der Waals surface area contributed by atoms with Gasteiger partial charge in [-0.3, -0.25) is 9.59 Å². The van der Waals surface area contributed by atoms with Crippen molar-refractivity contribution in [3.8, 4) is 0 Å². The van der Waals surface area contributed by atoms with Crippen molar-refractivity contribution in [3.05, 3.63) is 48.3 Å². The summed E-state index contributed by atoms with van der Waals surface area (Å²) in [7, 11) is 1.56. The Morgan fingerprint density at radius 3 is 2.88 bits per heavy atom.